The van der Waals surface area contributed by atoms with Gasteiger partial charge in [0, 0.05) is 5.41 Å². The Labute approximate surface area is 335 Å². The molecule has 0 amide bonds. The topological polar surface area (TPSA) is 0 Å². The van der Waals surface area contributed by atoms with Crippen LogP contribution in [0.25, 0.3) is 98.0 Å². The Balaban J connectivity index is 1.05. The zero-order valence-electron chi connectivity index (χ0n) is 33.7. The minimum Gasteiger partial charge on any atom is -0.0616 e. The largest absolute Gasteiger partial charge is 0.0616 e. The summed E-state index contributed by atoms with van der Waals surface area (Å²) in [6.45, 7) is 14.2. The minimum atomic E-state index is -0.0489. The Morgan fingerprint density at radius 1 is 0.298 bits per heavy atom. The molecular weight excluding hydrogens is 685 g/mol. The van der Waals surface area contributed by atoms with Crippen LogP contribution in [0.5, 0.6) is 0 Å². The first-order valence-corrected chi connectivity index (χ1v) is 20.7. The Morgan fingerprint density at radius 3 is 1.05 bits per heavy atom. The van der Waals surface area contributed by atoms with Gasteiger partial charge < -0.3 is 0 Å². The normalized spacial score (nSPS) is 13.5. The predicted octanol–water partition coefficient (Wildman–Crippen LogP) is 16.5. The predicted molar refractivity (Wildman–Crippen MR) is 248 cm³/mol. The lowest BCUT2D eigenvalue weighted by molar-refractivity contribution is 0.658. The van der Waals surface area contributed by atoms with E-state index in [-0.39, 0.29) is 5.41 Å². The molecule has 0 aliphatic heterocycles. The van der Waals surface area contributed by atoms with Crippen molar-refractivity contribution in [1.29, 1.82) is 0 Å². The van der Waals surface area contributed by atoms with E-state index in [1.807, 2.05) is 0 Å². The lowest BCUT2D eigenvalue weighted by Gasteiger charge is -2.24. The first-order chi connectivity index (χ1) is 27.7. The van der Waals surface area contributed by atoms with Crippen LogP contribution in [0.2, 0.25) is 0 Å². The van der Waals surface area contributed by atoms with Gasteiger partial charge >= 0.3 is 0 Å². The van der Waals surface area contributed by atoms with Crippen LogP contribution in [0, 0.1) is 0 Å². The van der Waals surface area contributed by atoms with Crippen molar-refractivity contribution < 1.29 is 0 Å². The van der Waals surface area contributed by atoms with E-state index in [9.17, 15) is 0 Å². The third-order valence-electron chi connectivity index (χ3n) is 13.3. The van der Waals surface area contributed by atoms with Crippen molar-refractivity contribution in [3.63, 3.8) is 0 Å². The van der Waals surface area contributed by atoms with E-state index in [1.54, 1.807) is 0 Å². The maximum atomic E-state index is 2.51. The van der Waals surface area contributed by atoms with Gasteiger partial charge in [-0.2, -0.15) is 0 Å². The number of benzene rings is 10. The van der Waals surface area contributed by atoms with Crippen LogP contribution in [0.1, 0.15) is 75.6 Å². The zero-order chi connectivity index (χ0) is 38.7. The second kappa shape index (κ2) is 12.4. The van der Waals surface area contributed by atoms with Gasteiger partial charge in [-0.25, -0.2) is 0 Å². The van der Waals surface area contributed by atoms with Crippen molar-refractivity contribution in [1.82, 2.24) is 0 Å². The molecule has 0 spiro atoms. The second-order valence-corrected chi connectivity index (χ2v) is 17.7. The van der Waals surface area contributed by atoms with E-state index in [1.165, 1.54) is 120 Å². The number of hydrogen-bond acceptors (Lipinski definition) is 0. The highest BCUT2D eigenvalue weighted by molar-refractivity contribution is 6.30. The summed E-state index contributed by atoms with van der Waals surface area (Å²) in [6.07, 6.45) is 0. The highest BCUT2D eigenvalue weighted by Crippen LogP contribution is 2.53. The van der Waals surface area contributed by atoms with E-state index < -0.39 is 0 Å². The van der Waals surface area contributed by atoms with Crippen LogP contribution in [0.3, 0.4) is 0 Å². The Hall–Kier alpha value is -6.24. The first kappa shape index (κ1) is 34.0. The van der Waals surface area contributed by atoms with Crippen LogP contribution in [0.15, 0.2) is 158 Å². The molecule has 0 fully saturated rings. The van der Waals surface area contributed by atoms with Crippen LogP contribution in [-0.2, 0) is 5.41 Å². The van der Waals surface area contributed by atoms with Gasteiger partial charge in [0.1, 0.15) is 0 Å². The van der Waals surface area contributed by atoms with Gasteiger partial charge in [0.15, 0.2) is 0 Å². The lowest BCUT2D eigenvalue weighted by Crippen LogP contribution is -2.16. The zero-order valence-corrected chi connectivity index (χ0v) is 33.7. The molecule has 274 valence electrons. The molecule has 0 N–H and O–H groups in total. The molecule has 0 heterocycles. The average Bonchev–Trinajstić information content (AvgIpc) is 3.48. The third-order valence-corrected chi connectivity index (χ3v) is 13.3. The van der Waals surface area contributed by atoms with Crippen molar-refractivity contribution in [3.05, 3.63) is 180 Å². The molecule has 10 aromatic carbocycles. The summed E-state index contributed by atoms with van der Waals surface area (Å²) in [5, 5.41) is 16.2. The highest BCUT2D eigenvalue weighted by Gasteiger charge is 2.36. The third kappa shape index (κ3) is 5.06. The molecular formula is C57H46. The van der Waals surface area contributed by atoms with Gasteiger partial charge in [0.05, 0.1) is 0 Å². The van der Waals surface area contributed by atoms with E-state index >= 15 is 0 Å². The molecule has 0 atom stereocenters. The van der Waals surface area contributed by atoms with Crippen molar-refractivity contribution >= 4 is 64.6 Å². The van der Waals surface area contributed by atoms with E-state index in [4.69, 9.17) is 0 Å². The summed E-state index contributed by atoms with van der Waals surface area (Å²) in [5.74, 6) is 0.913. The summed E-state index contributed by atoms with van der Waals surface area (Å²) in [7, 11) is 0. The molecule has 57 heavy (non-hydrogen) atoms. The summed E-state index contributed by atoms with van der Waals surface area (Å²) in [6, 6.07) is 60.1. The number of fused-ring (bicyclic) bond motifs is 9. The molecule has 0 heteroatoms. The standard InChI is InChI=1S/C57H46/c1-33(2)41-29-51-48-24-22-40(28-50(48)52-30-42(34(3)4)32-54-56(52)55(51)53(31-41)57(54,5)6)38-16-12-14-36(26-38)35-13-11-15-37(25-35)39-21-23-47-45-19-8-7-17-43(45)44-18-9-10-20-46(44)49(47)27-39/h7-34H,1-6H3. The van der Waals surface area contributed by atoms with E-state index in [0.717, 1.165) is 0 Å². The summed E-state index contributed by atoms with van der Waals surface area (Å²) in [4.78, 5) is 0. The monoisotopic (exact) mass is 730 g/mol. The molecule has 0 unspecified atom stereocenters. The second-order valence-electron chi connectivity index (χ2n) is 17.7. The van der Waals surface area contributed by atoms with Crippen LogP contribution in [-0.4, -0.2) is 0 Å². The van der Waals surface area contributed by atoms with Gasteiger partial charge in [-0.3, -0.25) is 0 Å². The maximum absolute atomic E-state index is 2.51. The molecule has 0 radical (unpaired) electrons. The summed E-state index contributed by atoms with van der Waals surface area (Å²) < 4.78 is 0. The number of hydrogen-bond donors (Lipinski definition) is 0. The van der Waals surface area contributed by atoms with Gasteiger partial charge in [0.25, 0.3) is 0 Å². The average molecular weight is 731 g/mol. The van der Waals surface area contributed by atoms with E-state index in [0.29, 0.717) is 11.8 Å². The fourth-order valence-corrected chi connectivity index (χ4v) is 10.1. The Kier molecular flexibility index (Phi) is 7.39. The Bertz CT molecular complexity index is 3280. The SMILES string of the molecule is CC(C)c1cc2c3c(c1)c1ccc(-c4cccc(-c5cccc(-c6ccc7c8ccccc8c8ccccc8c7c6)c5)c4)cc1c1cc(C(C)C)cc(c13)C2(C)C. The highest BCUT2D eigenvalue weighted by atomic mass is 14.4. The molecule has 0 saturated carbocycles. The molecule has 0 saturated heterocycles. The van der Waals surface area contributed by atoms with Gasteiger partial charge in [0.2, 0.25) is 0 Å². The summed E-state index contributed by atoms with van der Waals surface area (Å²) >= 11 is 0. The van der Waals surface area contributed by atoms with Crippen molar-refractivity contribution in [2.75, 3.05) is 0 Å². The smallest absolute Gasteiger partial charge is 0.0159 e. The van der Waals surface area contributed by atoms with Crippen LogP contribution in [0.4, 0.5) is 0 Å². The molecule has 0 nitrogen and oxygen atoms in total. The van der Waals surface area contributed by atoms with Crippen molar-refractivity contribution in [2.45, 2.75) is 58.8 Å². The maximum Gasteiger partial charge on any atom is 0.0159 e. The van der Waals surface area contributed by atoms with Gasteiger partial charge in [-0.15, -0.1) is 0 Å². The van der Waals surface area contributed by atoms with Gasteiger partial charge in [-0.1, -0.05) is 175 Å². The minimum absolute atomic E-state index is 0.0489. The van der Waals surface area contributed by atoms with Crippen LogP contribution < -0.4 is 0 Å². The molecule has 0 bridgehead atoms. The van der Waals surface area contributed by atoms with Crippen molar-refractivity contribution in [3.8, 4) is 33.4 Å². The van der Waals surface area contributed by atoms with E-state index in [2.05, 4.69) is 199 Å². The lowest BCUT2D eigenvalue weighted by atomic mass is 9.79. The molecule has 0 aromatic heterocycles. The quantitative estimate of drug-likeness (QED) is 0.155. The summed E-state index contributed by atoms with van der Waals surface area (Å²) in [5.41, 5.74) is 13.2. The molecule has 1 aliphatic rings. The van der Waals surface area contributed by atoms with Crippen LogP contribution >= 0.6 is 0 Å². The number of rotatable bonds is 5. The van der Waals surface area contributed by atoms with Crippen molar-refractivity contribution in [2.24, 2.45) is 0 Å². The van der Waals surface area contributed by atoms with Gasteiger partial charge in [-0.05, 0) is 156 Å². The molecule has 1 aliphatic carbocycles. The molecule has 11 rings (SSSR count). The fourth-order valence-electron chi connectivity index (χ4n) is 10.1. The Morgan fingerprint density at radius 2 is 0.632 bits per heavy atom. The fraction of sp³-hybridized carbons (Fsp3) is 0.158. The molecule has 10 aromatic rings. The first-order valence-electron chi connectivity index (χ1n) is 20.7.